The molecule has 0 aromatic carbocycles. The molecule has 0 radical (unpaired) electrons. The highest BCUT2D eigenvalue weighted by Crippen LogP contribution is 2.00. The van der Waals surface area contributed by atoms with Crippen LogP contribution in [0.4, 0.5) is 0 Å². The van der Waals surface area contributed by atoms with Crippen LogP contribution >= 0.6 is 0 Å². The minimum absolute atomic E-state index is 0.177. The zero-order valence-electron chi connectivity index (χ0n) is 6.52. The molecule has 0 aromatic rings. The van der Waals surface area contributed by atoms with Crippen molar-refractivity contribution >= 4 is 11.8 Å². The fourth-order valence-corrected chi connectivity index (χ4v) is 1.04. The molecule has 1 aliphatic rings. The molecule has 1 atom stereocenters. The van der Waals surface area contributed by atoms with Crippen molar-refractivity contribution in [2.75, 3.05) is 6.54 Å². The Kier molecular flexibility index (Phi) is 2.59. The second-order valence-electron chi connectivity index (χ2n) is 2.62. The molecule has 1 fully saturated rings. The van der Waals surface area contributed by atoms with Crippen LogP contribution in [0, 0.1) is 0 Å². The van der Waals surface area contributed by atoms with E-state index in [2.05, 4.69) is 10.6 Å². The van der Waals surface area contributed by atoms with E-state index in [9.17, 15) is 9.59 Å². The summed E-state index contributed by atoms with van der Waals surface area (Å²) in [7, 11) is 0. The van der Waals surface area contributed by atoms with Gasteiger partial charge in [-0.05, 0) is 13.0 Å². The first-order valence-corrected chi connectivity index (χ1v) is 3.81. The summed E-state index contributed by atoms with van der Waals surface area (Å²) in [4.78, 5) is 21.6. The third kappa shape index (κ3) is 2.01. The number of amides is 2. The van der Waals surface area contributed by atoms with Crippen molar-refractivity contribution < 1.29 is 9.59 Å². The number of hydrogen-bond donors (Lipinski definition) is 2. The lowest BCUT2D eigenvalue weighted by Crippen LogP contribution is -2.36. The van der Waals surface area contributed by atoms with Crippen LogP contribution in [0.5, 0.6) is 0 Å². The molecule has 1 aliphatic heterocycles. The van der Waals surface area contributed by atoms with E-state index >= 15 is 0 Å². The fourth-order valence-electron chi connectivity index (χ4n) is 1.04. The van der Waals surface area contributed by atoms with Crippen molar-refractivity contribution in [1.29, 1.82) is 0 Å². The van der Waals surface area contributed by atoms with Crippen LogP contribution in [0.25, 0.3) is 0 Å². The highest BCUT2D eigenvalue weighted by atomic mass is 16.2. The first-order valence-electron chi connectivity index (χ1n) is 3.81. The van der Waals surface area contributed by atoms with Crippen molar-refractivity contribution in [3.8, 4) is 0 Å². The van der Waals surface area contributed by atoms with E-state index in [1.165, 1.54) is 0 Å². The van der Waals surface area contributed by atoms with Crippen LogP contribution in [0.15, 0.2) is 0 Å². The minimum Gasteiger partial charge on any atom is -0.305 e. The van der Waals surface area contributed by atoms with Gasteiger partial charge in [0.2, 0.25) is 11.8 Å². The molecule has 4 heteroatoms. The highest BCUT2D eigenvalue weighted by molar-refractivity contribution is 6.05. The molecule has 0 saturated carbocycles. The Labute approximate surface area is 65.3 Å². The second kappa shape index (κ2) is 3.48. The van der Waals surface area contributed by atoms with Gasteiger partial charge in [0, 0.05) is 0 Å². The molecule has 11 heavy (non-hydrogen) atoms. The van der Waals surface area contributed by atoms with E-state index in [0.717, 1.165) is 13.0 Å². The Hall–Kier alpha value is -0.900. The number of rotatable bonds is 3. The van der Waals surface area contributed by atoms with Gasteiger partial charge < -0.3 is 5.32 Å². The molecule has 1 heterocycles. The smallest absolute Gasteiger partial charge is 0.244 e. The fraction of sp³-hybridized carbons (Fsp3) is 0.714. The van der Waals surface area contributed by atoms with E-state index in [1.807, 2.05) is 6.92 Å². The highest BCUT2D eigenvalue weighted by Gasteiger charge is 2.29. The van der Waals surface area contributed by atoms with Gasteiger partial charge >= 0.3 is 0 Å². The standard InChI is InChI=1S/C7H12N2O2/c1-2-3-8-5-4-6(10)9-7(5)11/h5,8H,2-4H2,1H3,(H,9,10,11). The largest absolute Gasteiger partial charge is 0.305 e. The Bertz CT molecular complexity index is 179. The summed E-state index contributed by atoms with van der Waals surface area (Å²) < 4.78 is 0. The van der Waals surface area contributed by atoms with Gasteiger partial charge in [-0.2, -0.15) is 0 Å². The Morgan fingerprint density at radius 2 is 2.36 bits per heavy atom. The minimum atomic E-state index is -0.289. The number of carbonyl (C=O) groups excluding carboxylic acids is 2. The summed E-state index contributed by atoms with van der Waals surface area (Å²) >= 11 is 0. The lowest BCUT2D eigenvalue weighted by molar-refractivity contribution is -0.125. The molecule has 4 nitrogen and oxygen atoms in total. The second-order valence-corrected chi connectivity index (χ2v) is 2.62. The SMILES string of the molecule is CCCNC1CC(=O)NC1=O. The van der Waals surface area contributed by atoms with Crippen LogP contribution in [0.3, 0.4) is 0 Å². The van der Waals surface area contributed by atoms with Crippen molar-refractivity contribution in [2.24, 2.45) is 0 Å². The molecule has 62 valence electrons. The summed E-state index contributed by atoms with van der Waals surface area (Å²) in [5.41, 5.74) is 0. The van der Waals surface area contributed by atoms with E-state index < -0.39 is 0 Å². The van der Waals surface area contributed by atoms with Crippen LogP contribution in [-0.2, 0) is 9.59 Å². The van der Waals surface area contributed by atoms with Crippen LogP contribution in [0.2, 0.25) is 0 Å². The zero-order valence-corrected chi connectivity index (χ0v) is 6.52. The average Bonchev–Trinajstić information content (AvgIpc) is 2.26. The van der Waals surface area contributed by atoms with Crippen molar-refractivity contribution in [1.82, 2.24) is 10.6 Å². The van der Waals surface area contributed by atoms with Gasteiger partial charge in [0.05, 0.1) is 12.5 Å². The van der Waals surface area contributed by atoms with Crippen LogP contribution < -0.4 is 10.6 Å². The molecule has 1 saturated heterocycles. The van der Waals surface area contributed by atoms with Crippen LogP contribution in [0.1, 0.15) is 19.8 Å². The number of carbonyl (C=O) groups is 2. The summed E-state index contributed by atoms with van der Waals surface area (Å²) in [6, 6.07) is -0.289. The molecule has 1 rings (SSSR count). The lowest BCUT2D eigenvalue weighted by Gasteiger charge is -2.05. The van der Waals surface area contributed by atoms with E-state index in [0.29, 0.717) is 6.42 Å². The lowest BCUT2D eigenvalue weighted by atomic mass is 10.2. The summed E-state index contributed by atoms with van der Waals surface area (Å²) in [5, 5.41) is 5.21. The van der Waals surface area contributed by atoms with Gasteiger partial charge in [-0.15, -0.1) is 0 Å². The molecule has 0 aliphatic carbocycles. The quantitative estimate of drug-likeness (QED) is 0.536. The molecule has 0 bridgehead atoms. The van der Waals surface area contributed by atoms with Gasteiger partial charge in [0.1, 0.15) is 0 Å². The maximum Gasteiger partial charge on any atom is 0.244 e. The summed E-state index contributed by atoms with van der Waals surface area (Å²) in [6.07, 6.45) is 1.26. The molecular weight excluding hydrogens is 144 g/mol. The molecule has 0 aromatic heterocycles. The Morgan fingerprint density at radius 1 is 1.64 bits per heavy atom. The monoisotopic (exact) mass is 156 g/mol. The summed E-state index contributed by atoms with van der Waals surface area (Å²) in [5.74, 6) is -0.368. The van der Waals surface area contributed by atoms with Crippen molar-refractivity contribution in [3.63, 3.8) is 0 Å². The first-order chi connectivity index (χ1) is 5.24. The number of imide groups is 1. The molecule has 1 unspecified atom stereocenters. The normalized spacial score (nSPS) is 23.9. The van der Waals surface area contributed by atoms with Gasteiger partial charge in [-0.1, -0.05) is 6.92 Å². The molecular formula is C7H12N2O2. The van der Waals surface area contributed by atoms with Gasteiger partial charge in [-0.25, -0.2) is 0 Å². The van der Waals surface area contributed by atoms with Crippen LogP contribution in [-0.4, -0.2) is 24.4 Å². The summed E-state index contributed by atoms with van der Waals surface area (Å²) in [6.45, 7) is 2.80. The van der Waals surface area contributed by atoms with Crippen molar-refractivity contribution in [2.45, 2.75) is 25.8 Å². The van der Waals surface area contributed by atoms with Gasteiger partial charge in [-0.3, -0.25) is 14.9 Å². The van der Waals surface area contributed by atoms with Gasteiger partial charge in [0.25, 0.3) is 0 Å². The maximum atomic E-state index is 10.9. The molecule has 2 N–H and O–H groups in total. The first kappa shape index (κ1) is 8.20. The Morgan fingerprint density at radius 3 is 2.82 bits per heavy atom. The predicted octanol–water partition coefficient (Wildman–Crippen LogP) is -0.599. The predicted molar refractivity (Wildman–Crippen MR) is 39.8 cm³/mol. The third-order valence-electron chi connectivity index (χ3n) is 1.61. The third-order valence-corrected chi connectivity index (χ3v) is 1.61. The number of hydrogen-bond acceptors (Lipinski definition) is 3. The van der Waals surface area contributed by atoms with E-state index in [-0.39, 0.29) is 17.9 Å². The average molecular weight is 156 g/mol. The molecule has 2 amide bonds. The topological polar surface area (TPSA) is 58.2 Å². The molecule has 0 spiro atoms. The number of nitrogens with one attached hydrogen (secondary N) is 2. The van der Waals surface area contributed by atoms with Gasteiger partial charge in [0.15, 0.2) is 0 Å². The zero-order chi connectivity index (χ0) is 8.27. The maximum absolute atomic E-state index is 10.9. The van der Waals surface area contributed by atoms with E-state index in [4.69, 9.17) is 0 Å². The van der Waals surface area contributed by atoms with E-state index in [1.54, 1.807) is 0 Å². The Balaban J connectivity index is 2.34. The van der Waals surface area contributed by atoms with Crippen molar-refractivity contribution in [3.05, 3.63) is 0 Å².